The van der Waals surface area contributed by atoms with Gasteiger partial charge in [0.1, 0.15) is 5.75 Å². The molecule has 0 aliphatic carbocycles. The van der Waals surface area contributed by atoms with Crippen molar-refractivity contribution < 1.29 is 9.53 Å². The zero-order chi connectivity index (χ0) is 15.4. The summed E-state index contributed by atoms with van der Waals surface area (Å²) in [5.74, 6) is 0.827. The Morgan fingerprint density at radius 1 is 1.14 bits per heavy atom. The molecule has 2 rings (SSSR count). The second-order valence-electron chi connectivity index (χ2n) is 5.40. The van der Waals surface area contributed by atoms with Gasteiger partial charge in [-0.2, -0.15) is 0 Å². The number of ketones is 1. The minimum Gasteiger partial charge on any atom is -0.482 e. The Morgan fingerprint density at radius 3 is 2.57 bits per heavy atom. The maximum Gasteiger partial charge on any atom is 0.203 e. The van der Waals surface area contributed by atoms with E-state index in [0.717, 1.165) is 34.4 Å². The highest BCUT2D eigenvalue weighted by Crippen LogP contribution is 2.21. The molecule has 0 bridgehead atoms. The van der Waals surface area contributed by atoms with E-state index in [1.165, 1.54) is 0 Å². The summed E-state index contributed by atoms with van der Waals surface area (Å²) in [5.41, 5.74) is 3.95. The molecule has 0 aromatic heterocycles. The third-order valence-corrected chi connectivity index (χ3v) is 3.69. The molecule has 0 saturated heterocycles. The quantitative estimate of drug-likeness (QED) is 0.754. The van der Waals surface area contributed by atoms with Gasteiger partial charge in [-0.1, -0.05) is 42.8 Å². The Hall–Kier alpha value is -2.09. The van der Waals surface area contributed by atoms with Gasteiger partial charge < -0.3 is 4.74 Å². The lowest BCUT2D eigenvalue weighted by molar-refractivity contribution is 0.0816. The lowest BCUT2D eigenvalue weighted by Gasteiger charge is -2.17. The molecule has 1 atom stereocenters. The van der Waals surface area contributed by atoms with E-state index in [0.29, 0.717) is 0 Å². The average Bonchev–Trinajstić information content (AvgIpc) is 2.49. The molecule has 0 amide bonds. The average molecular weight is 282 g/mol. The van der Waals surface area contributed by atoms with E-state index in [1.54, 1.807) is 0 Å². The molecule has 2 heteroatoms. The lowest BCUT2D eigenvalue weighted by Crippen LogP contribution is -2.25. The van der Waals surface area contributed by atoms with Crippen molar-refractivity contribution in [2.75, 3.05) is 0 Å². The van der Waals surface area contributed by atoms with Gasteiger partial charge in [-0.3, -0.25) is 4.79 Å². The minimum atomic E-state index is -0.488. The molecule has 0 aliphatic heterocycles. The Kier molecular flexibility index (Phi) is 4.79. The van der Waals surface area contributed by atoms with Crippen molar-refractivity contribution in [3.05, 3.63) is 64.7 Å². The topological polar surface area (TPSA) is 26.3 Å². The minimum absolute atomic E-state index is 0.0297. The number of benzene rings is 2. The highest BCUT2D eigenvalue weighted by Gasteiger charge is 2.19. The summed E-state index contributed by atoms with van der Waals surface area (Å²) >= 11 is 0. The van der Waals surface area contributed by atoms with Gasteiger partial charge in [0.25, 0.3) is 0 Å². The zero-order valence-corrected chi connectivity index (χ0v) is 13.1. The molecule has 0 heterocycles. The number of carbonyl (C=O) groups excluding carboxylic acids is 1. The predicted molar refractivity (Wildman–Crippen MR) is 86.2 cm³/mol. The zero-order valence-electron chi connectivity index (χ0n) is 13.1. The first-order valence-corrected chi connectivity index (χ1v) is 7.39. The Labute approximate surface area is 126 Å². The van der Waals surface area contributed by atoms with Crippen LogP contribution in [0.1, 0.15) is 40.9 Å². The number of carbonyl (C=O) groups is 1. The van der Waals surface area contributed by atoms with Crippen LogP contribution in [0.3, 0.4) is 0 Å². The van der Waals surface area contributed by atoms with Crippen LogP contribution in [0, 0.1) is 13.8 Å². The number of ether oxygens (including phenoxy) is 1. The van der Waals surface area contributed by atoms with E-state index in [1.807, 2.05) is 63.2 Å². The van der Waals surface area contributed by atoms with Crippen LogP contribution in [0.4, 0.5) is 0 Å². The van der Waals surface area contributed by atoms with Gasteiger partial charge in [-0.15, -0.1) is 0 Å². The Bertz CT molecular complexity index is 644. The van der Waals surface area contributed by atoms with Gasteiger partial charge in [-0.25, -0.2) is 0 Å². The third kappa shape index (κ3) is 3.52. The van der Waals surface area contributed by atoms with Crippen LogP contribution in [0.2, 0.25) is 0 Å². The lowest BCUT2D eigenvalue weighted by atomic mass is 9.99. The monoisotopic (exact) mass is 282 g/mol. The van der Waals surface area contributed by atoms with E-state index in [4.69, 9.17) is 4.74 Å². The number of aryl methyl sites for hydroxylation is 3. The van der Waals surface area contributed by atoms with Crippen LogP contribution in [0.15, 0.2) is 42.5 Å². The van der Waals surface area contributed by atoms with Gasteiger partial charge in [0.15, 0.2) is 6.10 Å². The number of hydrogen-bond donors (Lipinski definition) is 0. The Balaban J connectivity index is 2.22. The van der Waals surface area contributed by atoms with Crippen LogP contribution in [-0.4, -0.2) is 11.9 Å². The van der Waals surface area contributed by atoms with Crippen LogP contribution < -0.4 is 4.74 Å². The van der Waals surface area contributed by atoms with Crippen molar-refractivity contribution in [2.24, 2.45) is 0 Å². The fraction of sp³-hybridized carbons (Fsp3) is 0.316. The summed E-state index contributed by atoms with van der Waals surface area (Å²) in [6.07, 6.45) is 0.402. The summed E-state index contributed by atoms with van der Waals surface area (Å²) in [4.78, 5) is 12.6. The number of hydrogen-bond acceptors (Lipinski definition) is 2. The SMILES string of the molecule is CCc1ccccc1OC(C)C(=O)c1cc(C)ccc1C. The normalized spacial score (nSPS) is 12.0. The number of Topliss-reactive ketones (excluding diaryl/α,β-unsaturated/α-hetero) is 1. The summed E-state index contributed by atoms with van der Waals surface area (Å²) in [5, 5.41) is 0. The van der Waals surface area contributed by atoms with Crippen molar-refractivity contribution in [1.29, 1.82) is 0 Å². The molecule has 0 aliphatic rings. The van der Waals surface area contributed by atoms with Gasteiger partial charge in [0.2, 0.25) is 5.78 Å². The summed E-state index contributed by atoms with van der Waals surface area (Å²) < 4.78 is 5.90. The second kappa shape index (κ2) is 6.57. The maximum absolute atomic E-state index is 12.6. The molecule has 0 spiro atoms. The molecule has 110 valence electrons. The van der Waals surface area contributed by atoms with E-state index >= 15 is 0 Å². The largest absolute Gasteiger partial charge is 0.482 e. The molecule has 1 unspecified atom stereocenters. The summed E-state index contributed by atoms with van der Waals surface area (Å²) in [6.45, 7) is 7.85. The molecule has 2 aromatic carbocycles. The van der Waals surface area contributed by atoms with Gasteiger partial charge in [-0.05, 0) is 50.5 Å². The maximum atomic E-state index is 12.6. The highest BCUT2D eigenvalue weighted by molar-refractivity contribution is 6.00. The van der Waals surface area contributed by atoms with E-state index in [2.05, 4.69) is 6.92 Å². The van der Waals surface area contributed by atoms with E-state index in [-0.39, 0.29) is 5.78 Å². The fourth-order valence-electron chi connectivity index (χ4n) is 2.38. The first-order chi connectivity index (χ1) is 10.0. The molecule has 0 fully saturated rings. The van der Waals surface area contributed by atoms with Gasteiger partial charge >= 0.3 is 0 Å². The van der Waals surface area contributed by atoms with Crippen molar-refractivity contribution in [2.45, 2.75) is 40.2 Å². The third-order valence-electron chi connectivity index (χ3n) is 3.69. The second-order valence-corrected chi connectivity index (χ2v) is 5.40. The van der Waals surface area contributed by atoms with Crippen LogP contribution >= 0.6 is 0 Å². The van der Waals surface area contributed by atoms with Crippen molar-refractivity contribution in [3.63, 3.8) is 0 Å². The molecule has 2 aromatic rings. The first-order valence-electron chi connectivity index (χ1n) is 7.39. The standard InChI is InChI=1S/C19H22O2/c1-5-16-8-6-7-9-18(16)21-15(4)19(20)17-12-13(2)10-11-14(17)3/h6-12,15H,5H2,1-4H3. The van der Waals surface area contributed by atoms with Crippen LogP contribution in [-0.2, 0) is 6.42 Å². The summed E-state index contributed by atoms with van der Waals surface area (Å²) in [7, 11) is 0. The number of para-hydroxylation sites is 1. The fourth-order valence-corrected chi connectivity index (χ4v) is 2.38. The van der Waals surface area contributed by atoms with Gasteiger partial charge in [0, 0.05) is 5.56 Å². The molecular formula is C19H22O2. The molecule has 0 radical (unpaired) electrons. The molecule has 0 saturated carbocycles. The van der Waals surface area contributed by atoms with Crippen LogP contribution in [0.5, 0.6) is 5.75 Å². The predicted octanol–water partition coefficient (Wildman–Crippen LogP) is 4.52. The van der Waals surface area contributed by atoms with Gasteiger partial charge in [0.05, 0.1) is 0 Å². The smallest absolute Gasteiger partial charge is 0.203 e. The Morgan fingerprint density at radius 2 is 1.86 bits per heavy atom. The van der Waals surface area contributed by atoms with E-state index in [9.17, 15) is 4.79 Å². The first kappa shape index (κ1) is 15.3. The van der Waals surface area contributed by atoms with Crippen molar-refractivity contribution in [3.8, 4) is 5.75 Å². The van der Waals surface area contributed by atoms with Crippen molar-refractivity contribution in [1.82, 2.24) is 0 Å². The summed E-state index contributed by atoms with van der Waals surface area (Å²) in [6, 6.07) is 13.8. The molecule has 21 heavy (non-hydrogen) atoms. The van der Waals surface area contributed by atoms with Crippen LogP contribution in [0.25, 0.3) is 0 Å². The molecule has 2 nitrogen and oxygen atoms in total. The molecule has 0 N–H and O–H groups in total. The highest BCUT2D eigenvalue weighted by atomic mass is 16.5. The molecular weight excluding hydrogens is 260 g/mol. The van der Waals surface area contributed by atoms with Crippen molar-refractivity contribution >= 4 is 5.78 Å². The number of rotatable bonds is 5. The van der Waals surface area contributed by atoms with E-state index < -0.39 is 6.10 Å².